The second-order valence-electron chi connectivity index (χ2n) is 6.78. The van der Waals surface area contributed by atoms with E-state index in [1.807, 2.05) is 65.1 Å². The molecule has 0 aliphatic heterocycles. The molecule has 2 atom stereocenters. The first kappa shape index (κ1) is 18.2. The number of nitrogens with one attached hydrogen (secondary N) is 2. The summed E-state index contributed by atoms with van der Waals surface area (Å²) in [6.07, 6.45) is 0. The normalized spacial score (nSPS) is 14.1. The van der Waals surface area contributed by atoms with E-state index in [1.54, 1.807) is 11.9 Å². The predicted octanol–water partition coefficient (Wildman–Crippen LogP) is 0.467. The first-order chi connectivity index (χ1) is 10.1. The van der Waals surface area contributed by atoms with Crippen molar-refractivity contribution in [2.24, 2.45) is 0 Å². The molecule has 1 aromatic carbocycles. The zero-order valence-corrected chi connectivity index (χ0v) is 14.4. The molecule has 0 aliphatic rings. The molecule has 0 heterocycles. The molecular formula is C17H28N3O2+. The van der Waals surface area contributed by atoms with Crippen LogP contribution in [0.25, 0.3) is 0 Å². The number of rotatable bonds is 5. The summed E-state index contributed by atoms with van der Waals surface area (Å²) in [6.45, 7) is 7.95. The number of carbonyl (C=O) groups is 2. The fourth-order valence-electron chi connectivity index (χ4n) is 2.15. The van der Waals surface area contributed by atoms with E-state index in [-0.39, 0.29) is 29.9 Å². The van der Waals surface area contributed by atoms with Crippen LogP contribution in [0.15, 0.2) is 30.3 Å². The Labute approximate surface area is 133 Å². The van der Waals surface area contributed by atoms with Gasteiger partial charge in [0, 0.05) is 18.3 Å². The third kappa shape index (κ3) is 5.48. The van der Waals surface area contributed by atoms with Crippen molar-refractivity contribution >= 4 is 17.5 Å². The van der Waals surface area contributed by atoms with E-state index < -0.39 is 0 Å². The van der Waals surface area contributed by atoms with Gasteiger partial charge in [-0.1, -0.05) is 18.2 Å². The second kappa shape index (κ2) is 7.40. The molecule has 2 N–H and O–H groups in total. The van der Waals surface area contributed by atoms with E-state index in [9.17, 15) is 9.59 Å². The van der Waals surface area contributed by atoms with Gasteiger partial charge in [-0.15, -0.1) is 0 Å². The Morgan fingerprint density at radius 2 is 1.77 bits per heavy atom. The molecule has 0 saturated carbocycles. The summed E-state index contributed by atoms with van der Waals surface area (Å²) in [5.74, 6) is -0.0562. The minimum absolute atomic E-state index is 0.00717. The first-order valence-corrected chi connectivity index (χ1v) is 7.58. The Balaban J connectivity index is 2.64. The number of likely N-dealkylation sites (N-methyl/N-ethyl adjacent to an activating group) is 2. The van der Waals surface area contributed by atoms with Gasteiger partial charge in [0.05, 0.1) is 7.05 Å². The zero-order chi connectivity index (χ0) is 16.9. The van der Waals surface area contributed by atoms with Gasteiger partial charge in [-0.2, -0.15) is 0 Å². The number of nitrogens with zero attached hydrogens (tertiary/aromatic N) is 1. The molecule has 1 rings (SSSR count). The van der Waals surface area contributed by atoms with Crippen LogP contribution >= 0.6 is 0 Å². The molecule has 0 spiro atoms. The molecule has 0 fully saturated rings. The van der Waals surface area contributed by atoms with Crippen LogP contribution in [0, 0.1) is 0 Å². The fourth-order valence-corrected chi connectivity index (χ4v) is 2.15. The molecule has 0 saturated heterocycles. The molecular weight excluding hydrogens is 278 g/mol. The smallest absolute Gasteiger partial charge is 0.284 e. The van der Waals surface area contributed by atoms with E-state index in [4.69, 9.17) is 0 Å². The van der Waals surface area contributed by atoms with Crippen molar-refractivity contribution in [3.8, 4) is 0 Å². The summed E-state index contributed by atoms with van der Waals surface area (Å²) in [5.41, 5.74) is 0.595. The van der Waals surface area contributed by atoms with Crippen LogP contribution in [0.1, 0.15) is 27.7 Å². The number of hydrogen-bond donors (Lipinski definition) is 2. The van der Waals surface area contributed by atoms with Crippen LogP contribution < -0.4 is 15.1 Å². The monoisotopic (exact) mass is 306 g/mol. The van der Waals surface area contributed by atoms with Crippen molar-refractivity contribution in [1.29, 1.82) is 0 Å². The van der Waals surface area contributed by atoms with E-state index in [2.05, 4.69) is 5.32 Å². The van der Waals surface area contributed by atoms with Gasteiger partial charge in [0.2, 0.25) is 0 Å². The standard InChI is InChI=1S/C17H27N3O2/c1-13(19(5)12-15(21)18-17(2,3)4)16(22)20(6)14-10-8-7-9-11-14/h7-11,13H,12H2,1-6H3,(H,18,21)/p+1/t13-/m0/s1. The highest BCUT2D eigenvalue weighted by molar-refractivity contribution is 5.95. The van der Waals surface area contributed by atoms with Crippen molar-refractivity contribution in [3.05, 3.63) is 30.3 Å². The molecule has 0 radical (unpaired) electrons. The predicted molar refractivity (Wildman–Crippen MR) is 89.0 cm³/mol. The van der Waals surface area contributed by atoms with E-state index in [1.165, 1.54) is 0 Å². The number of hydrogen-bond acceptors (Lipinski definition) is 2. The summed E-state index contributed by atoms with van der Waals surface area (Å²) in [6, 6.07) is 9.21. The van der Waals surface area contributed by atoms with Crippen molar-refractivity contribution in [3.63, 3.8) is 0 Å². The van der Waals surface area contributed by atoms with Gasteiger partial charge in [0.25, 0.3) is 11.8 Å². The van der Waals surface area contributed by atoms with Gasteiger partial charge < -0.3 is 15.1 Å². The summed E-state index contributed by atoms with van der Waals surface area (Å²) in [5, 5.41) is 2.92. The van der Waals surface area contributed by atoms with Crippen molar-refractivity contribution in [2.45, 2.75) is 39.3 Å². The molecule has 0 aromatic heterocycles. The molecule has 5 heteroatoms. The van der Waals surface area contributed by atoms with E-state index in [0.29, 0.717) is 0 Å². The molecule has 5 nitrogen and oxygen atoms in total. The van der Waals surface area contributed by atoms with Gasteiger partial charge in [-0.3, -0.25) is 9.59 Å². The summed E-state index contributed by atoms with van der Waals surface area (Å²) in [7, 11) is 3.63. The first-order valence-electron chi connectivity index (χ1n) is 7.58. The van der Waals surface area contributed by atoms with Crippen molar-refractivity contribution < 1.29 is 14.5 Å². The van der Waals surface area contributed by atoms with Crippen LogP contribution in [0.5, 0.6) is 0 Å². The molecule has 1 unspecified atom stereocenters. The van der Waals surface area contributed by atoms with Crippen LogP contribution in [0.4, 0.5) is 5.69 Å². The van der Waals surface area contributed by atoms with Gasteiger partial charge in [-0.25, -0.2) is 0 Å². The quantitative estimate of drug-likeness (QED) is 0.831. The lowest BCUT2D eigenvalue weighted by atomic mass is 10.1. The maximum absolute atomic E-state index is 12.5. The number of anilines is 1. The number of benzene rings is 1. The molecule has 122 valence electrons. The second-order valence-corrected chi connectivity index (χ2v) is 6.78. The molecule has 0 bridgehead atoms. The molecule has 0 aliphatic carbocycles. The Hall–Kier alpha value is -1.88. The lowest BCUT2D eigenvalue weighted by molar-refractivity contribution is -0.885. The third-order valence-corrected chi connectivity index (χ3v) is 3.54. The van der Waals surface area contributed by atoms with E-state index >= 15 is 0 Å². The van der Waals surface area contributed by atoms with Gasteiger partial charge in [0.1, 0.15) is 0 Å². The highest BCUT2D eigenvalue weighted by Crippen LogP contribution is 2.11. The minimum Gasteiger partial charge on any atom is -0.347 e. The molecule has 1 aromatic rings. The van der Waals surface area contributed by atoms with Gasteiger partial charge in [0.15, 0.2) is 12.6 Å². The average Bonchev–Trinajstić information content (AvgIpc) is 2.43. The Morgan fingerprint density at radius 1 is 1.23 bits per heavy atom. The SMILES string of the molecule is C[C@@H](C(=O)N(C)c1ccccc1)[NH+](C)CC(=O)NC(C)(C)C. The van der Waals surface area contributed by atoms with Crippen molar-refractivity contribution in [1.82, 2.24) is 5.32 Å². The molecule has 22 heavy (non-hydrogen) atoms. The lowest BCUT2D eigenvalue weighted by Crippen LogP contribution is -3.15. The average molecular weight is 306 g/mol. The number of quaternary nitrogens is 1. The third-order valence-electron chi connectivity index (χ3n) is 3.54. The maximum Gasteiger partial charge on any atom is 0.284 e. The summed E-state index contributed by atoms with van der Waals surface area (Å²) >= 11 is 0. The topological polar surface area (TPSA) is 53.9 Å². The van der Waals surface area contributed by atoms with Crippen LogP contribution in [-0.4, -0.2) is 44.0 Å². The van der Waals surface area contributed by atoms with Crippen LogP contribution in [0.3, 0.4) is 0 Å². The highest BCUT2D eigenvalue weighted by atomic mass is 16.2. The summed E-state index contributed by atoms with van der Waals surface area (Å²) < 4.78 is 0. The Kier molecular flexibility index (Phi) is 6.11. The minimum atomic E-state index is -0.295. The Morgan fingerprint density at radius 3 is 2.27 bits per heavy atom. The zero-order valence-electron chi connectivity index (χ0n) is 14.4. The number of amides is 2. The molecule has 2 amide bonds. The number of carbonyl (C=O) groups excluding carboxylic acids is 2. The van der Waals surface area contributed by atoms with Crippen LogP contribution in [-0.2, 0) is 9.59 Å². The van der Waals surface area contributed by atoms with Crippen LogP contribution in [0.2, 0.25) is 0 Å². The Bertz CT molecular complexity index is 508. The lowest BCUT2D eigenvalue weighted by Gasteiger charge is -2.27. The van der Waals surface area contributed by atoms with Gasteiger partial charge in [-0.05, 0) is 39.8 Å². The van der Waals surface area contributed by atoms with E-state index in [0.717, 1.165) is 10.6 Å². The number of para-hydroxylation sites is 1. The van der Waals surface area contributed by atoms with Crippen molar-refractivity contribution in [2.75, 3.05) is 25.5 Å². The maximum atomic E-state index is 12.5. The van der Waals surface area contributed by atoms with Gasteiger partial charge >= 0.3 is 0 Å². The highest BCUT2D eigenvalue weighted by Gasteiger charge is 2.28. The fraction of sp³-hybridized carbons (Fsp3) is 0.529. The summed E-state index contributed by atoms with van der Waals surface area (Å²) in [4.78, 5) is 27.0. The largest absolute Gasteiger partial charge is 0.347 e.